The molecule has 250 valence electrons. The lowest BCUT2D eigenvalue weighted by molar-refractivity contribution is -0.156. The third-order valence-electron chi connectivity index (χ3n) is 8.84. The van der Waals surface area contributed by atoms with Crippen LogP contribution in [0.2, 0.25) is 0 Å². The molecule has 5 aromatic carbocycles. The van der Waals surface area contributed by atoms with Gasteiger partial charge in [0.25, 0.3) is 0 Å². The minimum absolute atomic E-state index is 0.245. The van der Waals surface area contributed by atoms with E-state index in [1.165, 1.54) is 33.4 Å². The lowest BCUT2D eigenvalue weighted by Crippen LogP contribution is -2.28. The molecule has 5 aromatic rings. The molecule has 2 atom stereocenters. The maximum absolute atomic E-state index is 12.3. The molecule has 5 nitrogen and oxygen atoms in total. The maximum Gasteiger partial charge on any atom is 0.335 e. The number of ether oxygens (including phenoxy) is 4. The van der Waals surface area contributed by atoms with E-state index in [0.717, 1.165) is 35.3 Å². The summed E-state index contributed by atoms with van der Waals surface area (Å²) in [5.74, 6) is 0.411. The Morgan fingerprint density at radius 2 is 1.45 bits per heavy atom. The van der Waals surface area contributed by atoms with E-state index in [1.807, 2.05) is 37.3 Å². The number of hydrogen-bond donors (Lipinski definition) is 0. The molecule has 0 aromatic heterocycles. The summed E-state index contributed by atoms with van der Waals surface area (Å²) in [6, 6.07) is 42.2. The van der Waals surface area contributed by atoms with Crippen molar-refractivity contribution in [3.05, 3.63) is 160 Å². The van der Waals surface area contributed by atoms with Crippen molar-refractivity contribution in [1.29, 1.82) is 0 Å². The number of carbonyl (C=O) groups excluding carboxylic acids is 1. The molecule has 2 unspecified atom stereocenters. The van der Waals surface area contributed by atoms with Crippen LogP contribution in [0, 0.1) is 0 Å². The number of rotatable bonds is 15. The number of carbonyl (C=O) groups is 1. The average molecular weight is 653 g/mol. The molecule has 0 N–H and O–H groups in total. The highest BCUT2D eigenvalue weighted by Crippen LogP contribution is 2.38. The van der Waals surface area contributed by atoms with Crippen molar-refractivity contribution >= 4 is 18.1 Å². The van der Waals surface area contributed by atoms with Crippen molar-refractivity contribution in [2.24, 2.45) is 0 Å². The van der Waals surface area contributed by atoms with Gasteiger partial charge in [0, 0.05) is 13.0 Å². The van der Waals surface area contributed by atoms with Gasteiger partial charge in [-0.3, -0.25) is 0 Å². The molecule has 0 heterocycles. The van der Waals surface area contributed by atoms with E-state index in [1.54, 1.807) is 6.92 Å². The second-order valence-corrected chi connectivity index (χ2v) is 12.1. The number of aryl methyl sites for hydroxylation is 2. The van der Waals surface area contributed by atoms with Crippen LogP contribution < -0.4 is 4.74 Å². The summed E-state index contributed by atoms with van der Waals surface area (Å²) >= 11 is 0. The minimum Gasteiger partial charge on any atom is -0.491 e. The molecule has 0 amide bonds. The van der Waals surface area contributed by atoms with E-state index >= 15 is 0 Å². The Hall–Kier alpha value is -4.97. The van der Waals surface area contributed by atoms with Gasteiger partial charge in [0.15, 0.2) is 6.10 Å². The topological polar surface area (TPSA) is 54.0 Å². The molecule has 1 aliphatic rings. The van der Waals surface area contributed by atoms with Gasteiger partial charge >= 0.3 is 5.97 Å². The van der Waals surface area contributed by atoms with Crippen LogP contribution in [0.25, 0.3) is 23.3 Å². The van der Waals surface area contributed by atoms with E-state index in [0.29, 0.717) is 32.8 Å². The van der Waals surface area contributed by atoms with Crippen molar-refractivity contribution in [2.45, 2.75) is 45.3 Å². The molecule has 0 saturated heterocycles. The van der Waals surface area contributed by atoms with E-state index in [2.05, 4.69) is 103 Å². The van der Waals surface area contributed by atoms with Crippen LogP contribution in [-0.2, 0) is 38.3 Å². The van der Waals surface area contributed by atoms with Crippen LogP contribution in [-0.4, -0.2) is 38.5 Å². The molecule has 1 aliphatic carbocycles. The third-order valence-corrected chi connectivity index (χ3v) is 8.84. The van der Waals surface area contributed by atoms with E-state index < -0.39 is 6.10 Å². The van der Waals surface area contributed by atoms with E-state index in [4.69, 9.17) is 18.9 Å². The Morgan fingerprint density at radius 1 is 0.673 bits per heavy atom. The molecule has 6 rings (SSSR count). The molecule has 0 bridgehead atoms. The molecular formula is C44H44O5. The minimum atomic E-state index is -0.618. The van der Waals surface area contributed by atoms with Crippen LogP contribution in [0.1, 0.15) is 58.9 Å². The van der Waals surface area contributed by atoms with Crippen molar-refractivity contribution in [2.75, 3.05) is 26.4 Å². The standard InChI is InChI=1S/C44H44O5/c1-3-46-42(44(45)47-4-2)30-33-19-24-38(25-20-33)48-28-29-49-43-40-27-22-36(34-14-9-6-10-15-34)31-37(40)23-26-39-35(16-11-17-41(39)43)21-18-32-12-7-5-8-13-32/h5-17,19-20,22-27,31,42-43H,3-4,18,21,28-30H2,1-2H3. The molecule has 49 heavy (non-hydrogen) atoms. The number of hydrogen-bond acceptors (Lipinski definition) is 5. The van der Waals surface area contributed by atoms with E-state index in [9.17, 15) is 4.79 Å². The summed E-state index contributed by atoms with van der Waals surface area (Å²) in [6.07, 6.45) is 6.01. The predicted octanol–water partition coefficient (Wildman–Crippen LogP) is 9.32. The molecule has 0 fully saturated rings. The summed E-state index contributed by atoms with van der Waals surface area (Å²) in [4.78, 5) is 12.3. The third kappa shape index (κ3) is 8.74. The molecule has 0 radical (unpaired) electrons. The lowest BCUT2D eigenvalue weighted by atomic mass is 9.91. The van der Waals surface area contributed by atoms with Crippen LogP contribution in [0.3, 0.4) is 0 Å². The van der Waals surface area contributed by atoms with Gasteiger partial charge in [-0.15, -0.1) is 0 Å². The van der Waals surface area contributed by atoms with Gasteiger partial charge in [-0.25, -0.2) is 4.79 Å². The Bertz CT molecular complexity index is 1830. The zero-order chi connectivity index (χ0) is 33.8. The van der Waals surface area contributed by atoms with Gasteiger partial charge in [0.05, 0.1) is 13.2 Å². The average Bonchev–Trinajstić information content (AvgIpc) is 3.30. The zero-order valence-corrected chi connectivity index (χ0v) is 28.3. The van der Waals surface area contributed by atoms with Crippen LogP contribution >= 0.6 is 0 Å². The fraction of sp³-hybridized carbons (Fsp3) is 0.250. The molecule has 5 heteroatoms. The smallest absolute Gasteiger partial charge is 0.335 e. The van der Waals surface area contributed by atoms with Crippen molar-refractivity contribution in [3.8, 4) is 16.9 Å². The fourth-order valence-corrected chi connectivity index (χ4v) is 6.40. The second-order valence-electron chi connectivity index (χ2n) is 12.1. The fourth-order valence-electron chi connectivity index (χ4n) is 6.40. The van der Waals surface area contributed by atoms with Crippen molar-refractivity contribution in [3.63, 3.8) is 0 Å². The molecule has 0 aliphatic heterocycles. The van der Waals surface area contributed by atoms with Gasteiger partial charge in [0.2, 0.25) is 0 Å². The summed E-state index contributed by atoms with van der Waals surface area (Å²) in [6.45, 7) is 5.26. The molecular weight excluding hydrogens is 608 g/mol. The Morgan fingerprint density at radius 3 is 2.20 bits per heavy atom. The highest BCUT2D eigenvalue weighted by molar-refractivity contribution is 5.80. The van der Waals surface area contributed by atoms with Crippen molar-refractivity contribution in [1.82, 2.24) is 0 Å². The Balaban J connectivity index is 1.18. The van der Waals surface area contributed by atoms with Crippen LogP contribution in [0.4, 0.5) is 0 Å². The van der Waals surface area contributed by atoms with Gasteiger partial charge in [-0.2, -0.15) is 0 Å². The molecule has 0 spiro atoms. The van der Waals surface area contributed by atoms with Crippen molar-refractivity contribution < 1.29 is 23.7 Å². The highest BCUT2D eigenvalue weighted by Gasteiger charge is 2.24. The summed E-state index contributed by atoms with van der Waals surface area (Å²) in [5, 5.41) is 0. The quantitative estimate of drug-likeness (QED) is 0.0834. The number of fused-ring (bicyclic) bond motifs is 2. The Labute approximate surface area is 290 Å². The normalized spacial score (nSPS) is 14.0. The maximum atomic E-state index is 12.3. The first-order valence-corrected chi connectivity index (χ1v) is 17.3. The first-order chi connectivity index (χ1) is 24.1. The summed E-state index contributed by atoms with van der Waals surface area (Å²) < 4.78 is 23.6. The predicted molar refractivity (Wildman–Crippen MR) is 197 cm³/mol. The van der Waals surface area contributed by atoms with E-state index in [-0.39, 0.29) is 12.1 Å². The highest BCUT2D eigenvalue weighted by atomic mass is 16.6. The monoisotopic (exact) mass is 652 g/mol. The van der Waals surface area contributed by atoms with Crippen LogP contribution in [0.5, 0.6) is 5.75 Å². The van der Waals surface area contributed by atoms with Gasteiger partial charge in [-0.1, -0.05) is 115 Å². The number of benzene rings is 5. The van der Waals surface area contributed by atoms with Gasteiger partial charge < -0.3 is 18.9 Å². The Kier molecular flexibility index (Phi) is 11.7. The summed E-state index contributed by atoms with van der Waals surface area (Å²) in [5.41, 5.74) is 10.7. The summed E-state index contributed by atoms with van der Waals surface area (Å²) in [7, 11) is 0. The second kappa shape index (κ2) is 16.9. The molecule has 0 saturated carbocycles. The van der Waals surface area contributed by atoms with Gasteiger partial charge in [-0.05, 0) is 95.0 Å². The lowest BCUT2D eigenvalue weighted by Gasteiger charge is -2.23. The van der Waals surface area contributed by atoms with Crippen LogP contribution in [0.15, 0.2) is 121 Å². The first kappa shape index (κ1) is 33.9. The number of esters is 1. The van der Waals surface area contributed by atoms with Gasteiger partial charge in [0.1, 0.15) is 18.5 Å². The zero-order valence-electron chi connectivity index (χ0n) is 28.3. The SMILES string of the molecule is CCOC(=O)C(Cc1ccc(OCCOC2c3ccc(-c4ccccc4)cc3C=Cc3c(CCc4ccccc4)cccc32)cc1)OCC. The largest absolute Gasteiger partial charge is 0.491 e. The first-order valence-electron chi connectivity index (χ1n) is 17.3.